The predicted octanol–water partition coefficient (Wildman–Crippen LogP) is 1.38. The molecule has 1 atom stereocenters. The summed E-state index contributed by atoms with van der Waals surface area (Å²) < 4.78 is 9.96. The second kappa shape index (κ2) is 8.09. The average Bonchev–Trinajstić information content (AvgIpc) is 3.03. The normalized spacial score (nSPS) is 11.7. The largest absolute Gasteiger partial charge is 0.452 e. The highest BCUT2D eigenvalue weighted by atomic mass is 16.5. The molecule has 1 aromatic carbocycles. The molecule has 7 heteroatoms. The second-order valence-corrected chi connectivity index (χ2v) is 5.02. The number of rotatable bonds is 7. The van der Waals surface area contributed by atoms with Crippen LogP contribution >= 0.6 is 0 Å². The van der Waals surface area contributed by atoms with E-state index in [1.54, 1.807) is 14.0 Å². The minimum atomic E-state index is -0.604. The molecule has 1 heterocycles. The van der Waals surface area contributed by atoms with Crippen LogP contribution < -0.4 is 5.32 Å². The zero-order valence-electron chi connectivity index (χ0n) is 13.0. The summed E-state index contributed by atoms with van der Waals surface area (Å²) in [5, 5.41) is 9.31. The van der Waals surface area contributed by atoms with Crippen molar-refractivity contribution in [3.8, 4) is 11.3 Å². The lowest BCUT2D eigenvalue weighted by molar-refractivity contribution is -0.125. The highest BCUT2D eigenvalue weighted by Crippen LogP contribution is 2.21. The molecule has 1 unspecified atom stereocenters. The lowest BCUT2D eigenvalue weighted by Crippen LogP contribution is -2.38. The molecule has 0 fully saturated rings. The lowest BCUT2D eigenvalue weighted by Gasteiger charge is -2.12. The molecule has 2 N–H and O–H groups in total. The van der Waals surface area contributed by atoms with E-state index in [0.29, 0.717) is 12.3 Å². The Kier molecular flexibility index (Phi) is 5.87. The van der Waals surface area contributed by atoms with Crippen molar-refractivity contribution in [1.29, 1.82) is 0 Å². The maximum Gasteiger partial charge on any atom is 0.342 e. The third-order valence-electron chi connectivity index (χ3n) is 3.08. The Bertz CT molecular complexity index is 654. The van der Waals surface area contributed by atoms with E-state index >= 15 is 0 Å². The number of hydrogen-bond acceptors (Lipinski definition) is 5. The first-order chi connectivity index (χ1) is 11.1. The van der Waals surface area contributed by atoms with Crippen LogP contribution in [0, 0.1) is 0 Å². The van der Waals surface area contributed by atoms with E-state index < -0.39 is 5.97 Å². The Morgan fingerprint density at radius 2 is 2.04 bits per heavy atom. The van der Waals surface area contributed by atoms with Crippen LogP contribution in [0.2, 0.25) is 0 Å². The van der Waals surface area contributed by atoms with Crippen molar-refractivity contribution >= 4 is 11.9 Å². The third kappa shape index (κ3) is 4.65. The van der Waals surface area contributed by atoms with Crippen molar-refractivity contribution in [2.75, 3.05) is 20.3 Å². The summed E-state index contributed by atoms with van der Waals surface area (Å²) in [7, 11) is 1.55. The van der Waals surface area contributed by atoms with Gasteiger partial charge >= 0.3 is 5.97 Å². The van der Waals surface area contributed by atoms with Crippen LogP contribution in [0.5, 0.6) is 0 Å². The molecule has 0 saturated carbocycles. The van der Waals surface area contributed by atoms with E-state index in [9.17, 15) is 9.59 Å². The highest BCUT2D eigenvalue weighted by Gasteiger charge is 2.18. The smallest absolute Gasteiger partial charge is 0.342 e. The Morgan fingerprint density at radius 1 is 1.30 bits per heavy atom. The molecule has 0 aliphatic carbocycles. The van der Waals surface area contributed by atoms with E-state index in [1.807, 2.05) is 30.3 Å². The van der Waals surface area contributed by atoms with Gasteiger partial charge in [-0.2, -0.15) is 5.10 Å². The third-order valence-corrected chi connectivity index (χ3v) is 3.08. The van der Waals surface area contributed by atoms with Crippen LogP contribution in [0.15, 0.2) is 36.5 Å². The Hall–Kier alpha value is -2.67. The fourth-order valence-electron chi connectivity index (χ4n) is 2.08. The van der Waals surface area contributed by atoms with Crippen molar-refractivity contribution in [2.24, 2.45) is 0 Å². The topological polar surface area (TPSA) is 93.3 Å². The summed E-state index contributed by atoms with van der Waals surface area (Å²) in [4.78, 5) is 23.8. The van der Waals surface area contributed by atoms with Gasteiger partial charge in [0.05, 0.1) is 18.5 Å². The first-order valence-electron chi connectivity index (χ1n) is 7.16. The molecule has 0 aliphatic rings. The van der Waals surface area contributed by atoms with Gasteiger partial charge in [-0.1, -0.05) is 30.3 Å². The predicted molar refractivity (Wildman–Crippen MR) is 83.8 cm³/mol. The van der Waals surface area contributed by atoms with Crippen molar-refractivity contribution in [3.63, 3.8) is 0 Å². The van der Waals surface area contributed by atoms with Gasteiger partial charge in [0.15, 0.2) is 6.61 Å². The van der Waals surface area contributed by atoms with Gasteiger partial charge in [-0.3, -0.25) is 9.89 Å². The number of esters is 1. The number of aromatic amines is 1. The summed E-state index contributed by atoms with van der Waals surface area (Å²) >= 11 is 0. The molecule has 7 nitrogen and oxygen atoms in total. The summed E-state index contributed by atoms with van der Waals surface area (Å²) in [6, 6.07) is 9.14. The van der Waals surface area contributed by atoms with Crippen LogP contribution in [-0.2, 0) is 14.3 Å². The van der Waals surface area contributed by atoms with Gasteiger partial charge in [0, 0.05) is 18.7 Å². The number of ether oxygens (including phenoxy) is 2. The van der Waals surface area contributed by atoms with Crippen LogP contribution in [0.1, 0.15) is 17.3 Å². The van der Waals surface area contributed by atoms with Gasteiger partial charge in [0.1, 0.15) is 5.56 Å². The number of amides is 1. The van der Waals surface area contributed by atoms with Gasteiger partial charge < -0.3 is 14.8 Å². The molecular weight excluding hydrogens is 298 g/mol. The Morgan fingerprint density at radius 3 is 2.74 bits per heavy atom. The summed E-state index contributed by atoms with van der Waals surface area (Å²) in [6.07, 6.45) is 1.39. The summed E-state index contributed by atoms with van der Waals surface area (Å²) in [5.74, 6) is -0.986. The standard InChI is InChI=1S/C16H19N3O4/c1-11(9-22-2)18-14(20)10-23-16(21)13-8-17-19-15(13)12-6-4-3-5-7-12/h3-8,11H,9-10H2,1-2H3,(H,17,19)(H,18,20). The van der Waals surface area contributed by atoms with E-state index in [1.165, 1.54) is 6.20 Å². The summed E-state index contributed by atoms with van der Waals surface area (Å²) in [5.41, 5.74) is 1.66. The second-order valence-electron chi connectivity index (χ2n) is 5.02. The van der Waals surface area contributed by atoms with Crippen LogP contribution in [0.3, 0.4) is 0 Å². The molecule has 0 saturated heterocycles. The number of nitrogens with zero attached hydrogens (tertiary/aromatic N) is 1. The fraction of sp³-hybridized carbons (Fsp3) is 0.312. The van der Waals surface area contributed by atoms with Gasteiger partial charge in [-0.05, 0) is 6.92 Å². The van der Waals surface area contributed by atoms with Gasteiger partial charge in [0.25, 0.3) is 5.91 Å². The Labute approximate surface area is 134 Å². The molecule has 0 radical (unpaired) electrons. The first kappa shape index (κ1) is 16.7. The van der Waals surface area contributed by atoms with Gasteiger partial charge in [0.2, 0.25) is 0 Å². The first-order valence-corrected chi connectivity index (χ1v) is 7.16. The monoisotopic (exact) mass is 317 g/mol. The number of carbonyl (C=O) groups excluding carboxylic acids is 2. The van der Waals surface area contributed by atoms with E-state index in [0.717, 1.165) is 5.56 Å². The minimum Gasteiger partial charge on any atom is -0.452 e. The van der Waals surface area contributed by atoms with E-state index in [-0.39, 0.29) is 24.1 Å². The molecule has 2 rings (SSSR count). The zero-order valence-corrected chi connectivity index (χ0v) is 13.0. The molecule has 0 spiro atoms. The number of aromatic nitrogens is 2. The quantitative estimate of drug-likeness (QED) is 0.753. The molecular formula is C16H19N3O4. The molecule has 1 amide bonds. The molecule has 122 valence electrons. The van der Waals surface area contributed by atoms with Gasteiger partial charge in [-0.15, -0.1) is 0 Å². The van der Waals surface area contributed by atoms with Gasteiger partial charge in [-0.25, -0.2) is 4.79 Å². The zero-order chi connectivity index (χ0) is 16.7. The summed E-state index contributed by atoms with van der Waals surface area (Å²) in [6.45, 7) is 1.83. The maximum atomic E-state index is 12.1. The SMILES string of the molecule is COCC(C)NC(=O)COC(=O)c1cn[nH]c1-c1ccccc1. The molecule has 0 aliphatic heterocycles. The van der Waals surface area contributed by atoms with Crippen molar-refractivity contribution < 1.29 is 19.1 Å². The number of carbonyl (C=O) groups is 2. The number of methoxy groups -OCH3 is 1. The number of nitrogens with one attached hydrogen (secondary N) is 2. The molecule has 23 heavy (non-hydrogen) atoms. The van der Waals surface area contributed by atoms with Crippen LogP contribution in [0.25, 0.3) is 11.3 Å². The van der Waals surface area contributed by atoms with E-state index in [2.05, 4.69) is 15.5 Å². The number of H-pyrrole nitrogens is 1. The van der Waals surface area contributed by atoms with Crippen LogP contribution in [-0.4, -0.2) is 48.4 Å². The maximum absolute atomic E-state index is 12.1. The van der Waals surface area contributed by atoms with Crippen molar-refractivity contribution in [2.45, 2.75) is 13.0 Å². The van der Waals surface area contributed by atoms with Crippen molar-refractivity contribution in [1.82, 2.24) is 15.5 Å². The number of benzene rings is 1. The average molecular weight is 317 g/mol. The van der Waals surface area contributed by atoms with Crippen molar-refractivity contribution in [3.05, 3.63) is 42.1 Å². The fourth-order valence-corrected chi connectivity index (χ4v) is 2.08. The molecule has 2 aromatic rings. The highest BCUT2D eigenvalue weighted by molar-refractivity contribution is 5.97. The van der Waals surface area contributed by atoms with E-state index in [4.69, 9.17) is 9.47 Å². The molecule has 0 bridgehead atoms. The van der Waals surface area contributed by atoms with Crippen LogP contribution in [0.4, 0.5) is 0 Å². The Balaban J connectivity index is 1.95. The lowest BCUT2D eigenvalue weighted by atomic mass is 10.1. The minimum absolute atomic E-state index is 0.153. The molecule has 1 aromatic heterocycles. The number of hydrogen-bond donors (Lipinski definition) is 2.